The SMILES string of the molecule is CC(c1ccc2cc(C(=O)NO)[nH]c2c1)N1C[C@@H](C)N(Cc2ccccc2)[C@@H](C)C1. The average molecular weight is 407 g/mol. The maximum atomic E-state index is 11.7. The van der Waals surface area contributed by atoms with Crippen molar-refractivity contribution < 1.29 is 10.0 Å². The number of H-pyrrole nitrogens is 1. The molecular formula is C24H30N4O2. The molecule has 1 fully saturated rings. The van der Waals surface area contributed by atoms with E-state index in [-0.39, 0.29) is 6.04 Å². The largest absolute Gasteiger partial charge is 0.350 e. The molecule has 0 saturated carbocycles. The van der Waals surface area contributed by atoms with Crippen LogP contribution >= 0.6 is 0 Å². The molecule has 1 aliphatic heterocycles. The van der Waals surface area contributed by atoms with Gasteiger partial charge in [-0.15, -0.1) is 0 Å². The lowest BCUT2D eigenvalue weighted by Crippen LogP contribution is -2.56. The van der Waals surface area contributed by atoms with Crippen LogP contribution < -0.4 is 5.48 Å². The number of fused-ring (bicyclic) bond motifs is 1. The molecule has 3 aromatic rings. The molecule has 1 aromatic heterocycles. The molecule has 6 nitrogen and oxygen atoms in total. The van der Waals surface area contributed by atoms with Crippen LogP contribution in [0.1, 0.15) is 48.4 Å². The second kappa shape index (κ2) is 8.60. The lowest BCUT2D eigenvalue weighted by Gasteiger charge is -2.46. The van der Waals surface area contributed by atoms with E-state index in [9.17, 15) is 4.79 Å². The van der Waals surface area contributed by atoms with Crippen LogP contribution in [-0.4, -0.2) is 51.1 Å². The van der Waals surface area contributed by atoms with Gasteiger partial charge in [0.1, 0.15) is 5.69 Å². The topological polar surface area (TPSA) is 71.6 Å². The Balaban J connectivity index is 1.48. The van der Waals surface area contributed by atoms with E-state index in [0.717, 1.165) is 30.5 Å². The monoisotopic (exact) mass is 406 g/mol. The summed E-state index contributed by atoms with van der Waals surface area (Å²) in [6, 6.07) is 19.9. The zero-order valence-corrected chi connectivity index (χ0v) is 17.8. The molecule has 3 N–H and O–H groups in total. The number of aromatic amines is 1. The van der Waals surface area contributed by atoms with Gasteiger partial charge in [-0.25, -0.2) is 5.48 Å². The minimum Gasteiger partial charge on any atom is -0.350 e. The van der Waals surface area contributed by atoms with Crippen molar-refractivity contribution >= 4 is 16.8 Å². The summed E-state index contributed by atoms with van der Waals surface area (Å²) in [5, 5.41) is 9.82. The number of amides is 1. The number of hydrogen-bond acceptors (Lipinski definition) is 4. The minimum atomic E-state index is -0.530. The van der Waals surface area contributed by atoms with Crippen molar-refractivity contribution in [3.63, 3.8) is 0 Å². The van der Waals surface area contributed by atoms with Crippen molar-refractivity contribution in [1.29, 1.82) is 0 Å². The molecule has 1 aliphatic rings. The van der Waals surface area contributed by atoms with Crippen LogP contribution in [0.2, 0.25) is 0 Å². The molecule has 1 saturated heterocycles. The van der Waals surface area contributed by atoms with Crippen LogP contribution in [0.5, 0.6) is 0 Å². The third kappa shape index (κ3) is 4.12. The number of hydroxylamine groups is 1. The molecule has 1 amide bonds. The summed E-state index contributed by atoms with van der Waals surface area (Å²) in [5.74, 6) is -0.530. The van der Waals surface area contributed by atoms with Crippen molar-refractivity contribution in [2.24, 2.45) is 0 Å². The van der Waals surface area contributed by atoms with Crippen LogP contribution in [-0.2, 0) is 6.54 Å². The van der Waals surface area contributed by atoms with Gasteiger partial charge in [-0.3, -0.25) is 19.8 Å². The zero-order valence-electron chi connectivity index (χ0n) is 17.8. The summed E-state index contributed by atoms with van der Waals surface area (Å²) >= 11 is 0. The smallest absolute Gasteiger partial charge is 0.291 e. The zero-order chi connectivity index (χ0) is 21.3. The fraction of sp³-hybridized carbons (Fsp3) is 0.375. The molecule has 3 atom stereocenters. The Bertz CT molecular complexity index is 1000. The van der Waals surface area contributed by atoms with Gasteiger partial charge in [0.15, 0.2) is 0 Å². The van der Waals surface area contributed by atoms with E-state index in [1.807, 2.05) is 6.07 Å². The number of rotatable bonds is 5. The highest BCUT2D eigenvalue weighted by Crippen LogP contribution is 2.29. The second-order valence-corrected chi connectivity index (χ2v) is 8.46. The molecule has 0 spiro atoms. The highest BCUT2D eigenvalue weighted by atomic mass is 16.5. The molecule has 1 unspecified atom stereocenters. The normalized spacial score (nSPS) is 21.6. The summed E-state index contributed by atoms with van der Waals surface area (Å²) in [6.45, 7) is 9.88. The minimum absolute atomic E-state index is 0.275. The van der Waals surface area contributed by atoms with E-state index >= 15 is 0 Å². The number of carbonyl (C=O) groups is 1. The van der Waals surface area contributed by atoms with Gasteiger partial charge in [-0.1, -0.05) is 42.5 Å². The number of piperazine rings is 1. The average Bonchev–Trinajstić information content (AvgIpc) is 3.19. The fourth-order valence-electron chi connectivity index (χ4n) is 4.62. The number of benzene rings is 2. The first-order valence-corrected chi connectivity index (χ1v) is 10.6. The predicted octanol–water partition coefficient (Wildman–Crippen LogP) is 3.94. The Morgan fingerprint density at radius 2 is 1.83 bits per heavy atom. The third-order valence-corrected chi connectivity index (χ3v) is 6.36. The summed E-state index contributed by atoms with van der Waals surface area (Å²) in [7, 11) is 0. The Morgan fingerprint density at radius 3 is 2.50 bits per heavy atom. The van der Waals surface area contributed by atoms with Gasteiger partial charge in [-0.05, 0) is 44.0 Å². The quantitative estimate of drug-likeness (QED) is 0.443. The van der Waals surface area contributed by atoms with Crippen molar-refractivity contribution in [2.45, 2.75) is 45.4 Å². The van der Waals surface area contributed by atoms with E-state index in [1.54, 1.807) is 11.5 Å². The van der Waals surface area contributed by atoms with Crippen LogP contribution in [0.4, 0.5) is 0 Å². The number of hydrogen-bond donors (Lipinski definition) is 3. The van der Waals surface area contributed by atoms with Crippen LogP contribution in [0.3, 0.4) is 0 Å². The molecule has 158 valence electrons. The lowest BCUT2D eigenvalue weighted by molar-refractivity contribution is 0.0143. The van der Waals surface area contributed by atoms with Crippen molar-refractivity contribution in [1.82, 2.24) is 20.3 Å². The Labute approximate surface area is 177 Å². The summed E-state index contributed by atoms with van der Waals surface area (Å²) in [5.41, 5.74) is 5.52. The van der Waals surface area contributed by atoms with Crippen LogP contribution in [0, 0.1) is 0 Å². The van der Waals surface area contributed by atoms with E-state index in [0.29, 0.717) is 17.8 Å². The molecule has 6 heteroatoms. The molecule has 0 radical (unpaired) electrons. The molecule has 30 heavy (non-hydrogen) atoms. The first-order chi connectivity index (χ1) is 14.5. The number of nitrogens with one attached hydrogen (secondary N) is 2. The van der Waals surface area contributed by atoms with Gasteiger partial charge in [0.05, 0.1) is 0 Å². The fourth-order valence-corrected chi connectivity index (χ4v) is 4.62. The van der Waals surface area contributed by atoms with E-state index in [1.165, 1.54) is 11.1 Å². The van der Waals surface area contributed by atoms with Gasteiger partial charge >= 0.3 is 0 Å². The molecular weight excluding hydrogens is 376 g/mol. The van der Waals surface area contributed by atoms with E-state index in [2.05, 4.69) is 78.0 Å². The summed E-state index contributed by atoms with van der Waals surface area (Å²) in [4.78, 5) is 19.9. The van der Waals surface area contributed by atoms with Crippen molar-refractivity contribution in [3.05, 3.63) is 71.4 Å². The Hall–Kier alpha value is -2.67. The van der Waals surface area contributed by atoms with Gasteiger partial charge in [0.2, 0.25) is 0 Å². The summed E-state index contributed by atoms with van der Waals surface area (Å²) in [6.07, 6.45) is 0. The summed E-state index contributed by atoms with van der Waals surface area (Å²) < 4.78 is 0. The first-order valence-electron chi connectivity index (χ1n) is 10.6. The third-order valence-electron chi connectivity index (χ3n) is 6.36. The number of carbonyl (C=O) groups excluding carboxylic acids is 1. The second-order valence-electron chi connectivity index (χ2n) is 8.46. The maximum Gasteiger partial charge on any atom is 0.291 e. The Morgan fingerprint density at radius 1 is 1.13 bits per heavy atom. The highest BCUT2D eigenvalue weighted by molar-refractivity contribution is 5.97. The first kappa shape index (κ1) is 20.6. The molecule has 2 aromatic carbocycles. The van der Waals surface area contributed by atoms with Crippen LogP contribution in [0.15, 0.2) is 54.6 Å². The predicted molar refractivity (Wildman–Crippen MR) is 118 cm³/mol. The van der Waals surface area contributed by atoms with E-state index < -0.39 is 5.91 Å². The van der Waals surface area contributed by atoms with Gasteiger partial charge in [0.25, 0.3) is 5.91 Å². The Kier molecular flexibility index (Phi) is 5.90. The maximum absolute atomic E-state index is 11.7. The molecule has 4 rings (SSSR count). The molecule has 2 heterocycles. The van der Waals surface area contributed by atoms with Gasteiger partial charge in [-0.2, -0.15) is 0 Å². The van der Waals surface area contributed by atoms with Gasteiger partial charge < -0.3 is 4.98 Å². The molecule has 0 bridgehead atoms. The number of nitrogens with zero attached hydrogens (tertiary/aromatic N) is 2. The van der Waals surface area contributed by atoms with Gasteiger partial charge in [0, 0.05) is 48.7 Å². The lowest BCUT2D eigenvalue weighted by atomic mass is 10.00. The highest BCUT2D eigenvalue weighted by Gasteiger charge is 2.32. The molecule has 0 aliphatic carbocycles. The van der Waals surface area contributed by atoms with Crippen LogP contribution in [0.25, 0.3) is 10.9 Å². The van der Waals surface area contributed by atoms with Crippen molar-refractivity contribution in [2.75, 3.05) is 13.1 Å². The number of aromatic nitrogens is 1. The van der Waals surface area contributed by atoms with E-state index in [4.69, 9.17) is 5.21 Å². The van der Waals surface area contributed by atoms with Crippen molar-refractivity contribution in [3.8, 4) is 0 Å². The standard InChI is InChI=1S/C24H30N4O2/c1-16-13-27(14-17(2)28(16)15-19-7-5-4-6-8-19)18(3)20-9-10-21-12-23(24(29)26-30)25-22(21)11-20/h4-12,16-18,25,30H,13-15H2,1-3H3,(H,26,29)/t16-,17+,18?.